The van der Waals surface area contributed by atoms with Crippen LogP contribution in [0.3, 0.4) is 0 Å². The summed E-state index contributed by atoms with van der Waals surface area (Å²) in [6.07, 6.45) is 0.988. The van der Waals surface area contributed by atoms with Crippen LogP contribution in [0, 0.1) is 0 Å². The summed E-state index contributed by atoms with van der Waals surface area (Å²) >= 11 is 1.25. The molecule has 0 aliphatic rings. The maximum Gasteiger partial charge on any atom is 0.313 e. The second kappa shape index (κ2) is 7.80. The zero-order valence-corrected chi connectivity index (χ0v) is 14.8. The average molecular weight is 360 g/mol. The van der Waals surface area contributed by atoms with Crippen molar-refractivity contribution in [2.24, 2.45) is 0 Å². The highest BCUT2D eigenvalue weighted by Gasteiger charge is 2.30. The van der Waals surface area contributed by atoms with Gasteiger partial charge in [-0.15, -0.1) is 11.8 Å². The van der Waals surface area contributed by atoms with E-state index in [-0.39, 0.29) is 5.75 Å². The molecule has 0 unspecified atom stereocenters. The molecule has 0 spiro atoms. The van der Waals surface area contributed by atoms with Crippen molar-refractivity contribution in [2.75, 3.05) is 17.3 Å². The molecule has 1 aromatic rings. The van der Waals surface area contributed by atoms with Gasteiger partial charge in [0.2, 0.25) is 15.9 Å². The largest absolute Gasteiger partial charge is 0.481 e. The van der Waals surface area contributed by atoms with Crippen LogP contribution in [-0.4, -0.2) is 42.9 Å². The van der Waals surface area contributed by atoms with Crippen LogP contribution in [0.5, 0.6) is 0 Å². The Morgan fingerprint density at radius 3 is 2.52 bits per heavy atom. The number of carboxylic acid groups (broad SMARTS) is 1. The van der Waals surface area contributed by atoms with E-state index in [1.54, 1.807) is 18.2 Å². The van der Waals surface area contributed by atoms with E-state index in [2.05, 4.69) is 10.0 Å². The first-order valence-electron chi connectivity index (χ1n) is 6.68. The Balaban J connectivity index is 2.73. The summed E-state index contributed by atoms with van der Waals surface area (Å²) in [7, 11) is -3.52. The highest BCUT2D eigenvalue weighted by Crippen LogP contribution is 2.18. The summed E-state index contributed by atoms with van der Waals surface area (Å²) in [6, 6.07) is 6.97. The van der Waals surface area contributed by atoms with E-state index in [0.717, 1.165) is 11.8 Å². The lowest BCUT2D eigenvalue weighted by atomic mass is 10.1. The number of carbonyl (C=O) groups is 2. The lowest BCUT2D eigenvalue weighted by molar-refractivity contribution is -0.133. The van der Waals surface area contributed by atoms with Crippen molar-refractivity contribution < 1.29 is 23.1 Å². The van der Waals surface area contributed by atoms with E-state index in [9.17, 15) is 18.0 Å². The van der Waals surface area contributed by atoms with Crippen LogP contribution in [0.2, 0.25) is 0 Å². The monoisotopic (exact) mass is 360 g/mol. The molecule has 9 heteroatoms. The topological polar surface area (TPSA) is 113 Å². The quantitative estimate of drug-likeness (QED) is 0.643. The van der Waals surface area contributed by atoms with E-state index in [1.807, 2.05) is 6.07 Å². The lowest BCUT2D eigenvalue weighted by Gasteiger charge is -2.24. The van der Waals surface area contributed by atoms with Crippen molar-refractivity contribution >= 4 is 39.3 Å². The average Bonchev–Trinajstić information content (AvgIpc) is 2.35. The molecule has 1 amide bonds. The van der Waals surface area contributed by atoms with Gasteiger partial charge in [0, 0.05) is 11.4 Å². The Bertz CT molecular complexity index is 686. The zero-order chi connectivity index (χ0) is 17.7. The normalized spacial score (nSPS) is 12.0. The van der Waals surface area contributed by atoms with Crippen LogP contribution in [0.25, 0.3) is 0 Å². The van der Waals surface area contributed by atoms with Crippen LogP contribution in [0.15, 0.2) is 24.3 Å². The molecule has 0 aromatic heterocycles. The molecule has 0 saturated heterocycles. The molecule has 3 N–H and O–H groups in total. The Labute approximate surface area is 139 Å². The zero-order valence-electron chi connectivity index (χ0n) is 13.1. The number of rotatable bonds is 8. The van der Waals surface area contributed by atoms with E-state index < -0.39 is 27.4 Å². The summed E-state index contributed by atoms with van der Waals surface area (Å²) in [5.74, 6) is -0.866. The Morgan fingerprint density at radius 2 is 1.96 bits per heavy atom. The van der Waals surface area contributed by atoms with Crippen molar-refractivity contribution in [3.63, 3.8) is 0 Å². The molecule has 1 aromatic carbocycles. The minimum Gasteiger partial charge on any atom is -0.481 e. The standard InChI is InChI=1S/C14H20N2O5S2/c1-14(2,16-23(3,20)21)13(19)15-11-6-4-5-10(7-11)8-22-9-12(17)18/h4-7,16H,8-9H2,1-3H3,(H,15,19)(H,17,18). The Morgan fingerprint density at radius 1 is 1.30 bits per heavy atom. The summed E-state index contributed by atoms with van der Waals surface area (Å²) in [4.78, 5) is 22.7. The molecule has 1 rings (SSSR count). The molecular formula is C14H20N2O5S2. The van der Waals surface area contributed by atoms with Gasteiger partial charge in [-0.2, -0.15) is 0 Å². The first-order chi connectivity index (χ1) is 10.5. The third-order valence-corrected chi connectivity index (χ3v) is 4.56. The van der Waals surface area contributed by atoms with Crippen molar-refractivity contribution in [2.45, 2.75) is 25.1 Å². The van der Waals surface area contributed by atoms with Crippen molar-refractivity contribution in [1.82, 2.24) is 4.72 Å². The number of carboxylic acids is 1. The van der Waals surface area contributed by atoms with Crippen molar-refractivity contribution in [3.8, 4) is 0 Å². The van der Waals surface area contributed by atoms with E-state index >= 15 is 0 Å². The highest BCUT2D eigenvalue weighted by molar-refractivity contribution is 7.99. The molecule has 0 heterocycles. The van der Waals surface area contributed by atoms with Crippen molar-refractivity contribution in [3.05, 3.63) is 29.8 Å². The van der Waals surface area contributed by atoms with Crippen LogP contribution < -0.4 is 10.0 Å². The van der Waals surface area contributed by atoms with Gasteiger partial charge in [-0.25, -0.2) is 13.1 Å². The molecule has 0 atom stereocenters. The van der Waals surface area contributed by atoms with Crippen LogP contribution >= 0.6 is 11.8 Å². The van der Waals surface area contributed by atoms with Gasteiger partial charge in [0.05, 0.1) is 12.0 Å². The van der Waals surface area contributed by atoms with E-state index in [4.69, 9.17) is 5.11 Å². The maximum absolute atomic E-state index is 12.2. The molecule has 0 saturated carbocycles. The number of hydrogen-bond donors (Lipinski definition) is 3. The third kappa shape index (κ3) is 7.49. The summed E-state index contributed by atoms with van der Waals surface area (Å²) in [6.45, 7) is 2.94. The molecule has 0 bridgehead atoms. The first kappa shape index (κ1) is 19.5. The molecule has 0 radical (unpaired) electrons. The van der Waals surface area contributed by atoms with Gasteiger partial charge in [-0.05, 0) is 31.5 Å². The van der Waals surface area contributed by atoms with E-state index in [0.29, 0.717) is 11.4 Å². The number of nitrogens with one attached hydrogen (secondary N) is 2. The SMILES string of the molecule is CC(C)(NS(C)(=O)=O)C(=O)Nc1cccc(CSCC(=O)O)c1. The number of aliphatic carboxylic acids is 1. The minimum atomic E-state index is -3.52. The van der Waals surface area contributed by atoms with Crippen LogP contribution in [0.4, 0.5) is 5.69 Å². The van der Waals surface area contributed by atoms with E-state index in [1.165, 1.54) is 25.6 Å². The van der Waals surface area contributed by atoms with Gasteiger partial charge >= 0.3 is 5.97 Å². The fourth-order valence-corrected chi connectivity index (χ4v) is 3.50. The first-order valence-corrected chi connectivity index (χ1v) is 9.73. The number of hydrogen-bond acceptors (Lipinski definition) is 5. The van der Waals surface area contributed by atoms with Gasteiger partial charge in [0.15, 0.2) is 0 Å². The Hall–Kier alpha value is -1.58. The summed E-state index contributed by atoms with van der Waals surface area (Å²) < 4.78 is 24.8. The second-order valence-electron chi connectivity index (χ2n) is 5.54. The van der Waals surface area contributed by atoms with Crippen LogP contribution in [-0.2, 0) is 25.4 Å². The minimum absolute atomic E-state index is 0.00188. The summed E-state index contributed by atoms with van der Waals surface area (Å²) in [5, 5.41) is 11.3. The smallest absolute Gasteiger partial charge is 0.313 e. The van der Waals surface area contributed by atoms with Gasteiger partial charge in [0.1, 0.15) is 5.54 Å². The summed E-state index contributed by atoms with van der Waals surface area (Å²) in [5.41, 5.74) is 0.0940. The number of sulfonamides is 1. The van der Waals surface area contributed by atoms with Gasteiger partial charge < -0.3 is 10.4 Å². The number of amides is 1. The number of thioether (sulfide) groups is 1. The number of anilines is 1. The molecule has 7 nitrogen and oxygen atoms in total. The highest BCUT2D eigenvalue weighted by atomic mass is 32.2. The predicted octanol–water partition coefficient (Wildman–Crippen LogP) is 1.27. The molecule has 23 heavy (non-hydrogen) atoms. The molecule has 0 aliphatic heterocycles. The third-order valence-electron chi connectivity index (χ3n) is 2.69. The molecule has 0 aliphatic carbocycles. The fraction of sp³-hybridized carbons (Fsp3) is 0.429. The molecular weight excluding hydrogens is 340 g/mol. The number of benzene rings is 1. The van der Waals surface area contributed by atoms with Gasteiger partial charge in [-0.3, -0.25) is 9.59 Å². The fourth-order valence-electron chi connectivity index (χ4n) is 1.79. The lowest BCUT2D eigenvalue weighted by Crippen LogP contribution is -2.51. The van der Waals surface area contributed by atoms with Gasteiger partial charge in [-0.1, -0.05) is 12.1 Å². The van der Waals surface area contributed by atoms with Crippen LogP contribution in [0.1, 0.15) is 19.4 Å². The maximum atomic E-state index is 12.2. The predicted molar refractivity (Wildman–Crippen MR) is 90.9 cm³/mol. The Kier molecular flexibility index (Phi) is 6.60. The van der Waals surface area contributed by atoms with Crippen molar-refractivity contribution in [1.29, 1.82) is 0 Å². The van der Waals surface area contributed by atoms with Gasteiger partial charge in [0.25, 0.3) is 0 Å². The number of carbonyl (C=O) groups excluding carboxylic acids is 1. The second-order valence-corrected chi connectivity index (χ2v) is 8.27. The molecule has 128 valence electrons. The molecule has 0 fully saturated rings.